The minimum Gasteiger partial charge on any atom is -0.497 e. The van der Waals surface area contributed by atoms with Crippen LogP contribution in [0.4, 0.5) is 29.8 Å². The summed E-state index contributed by atoms with van der Waals surface area (Å²) in [6, 6.07) is 11.2. The Bertz CT molecular complexity index is 986. The zero-order valence-electron chi connectivity index (χ0n) is 14.0. The van der Waals surface area contributed by atoms with Gasteiger partial charge in [0.15, 0.2) is 5.13 Å². The van der Waals surface area contributed by atoms with Gasteiger partial charge >= 0.3 is 6.18 Å². The van der Waals surface area contributed by atoms with E-state index < -0.39 is 11.7 Å². The lowest BCUT2D eigenvalue weighted by Crippen LogP contribution is -2.05. The number of benzene rings is 2. The predicted molar refractivity (Wildman–Crippen MR) is 97.7 cm³/mol. The van der Waals surface area contributed by atoms with Crippen LogP contribution in [-0.4, -0.2) is 17.9 Å². The van der Waals surface area contributed by atoms with E-state index in [4.69, 9.17) is 10.5 Å². The first-order chi connectivity index (χ1) is 12.8. The fourth-order valence-electron chi connectivity index (χ4n) is 2.34. The van der Waals surface area contributed by atoms with Gasteiger partial charge < -0.3 is 15.8 Å². The molecule has 0 bridgehead atoms. The highest BCUT2D eigenvalue weighted by molar-refractivity contribution is 7.18. The third-order valence-corrected chi connectivity index (χ3v) is 4.62. The van der Waals surface area contributed by atoms with Crippen LogP contribution in [0.25, 0.3) is 0 Å². The Labute approximate surface area is 156 Å². The van der Waals surface area contributed by atoms with Crippen molar-refractivity contribution in [2.24, 2.45) is 0 Å². The number of rotatable bonds is 5. The van der Waals surface area contributed by atoms with E-state index in [0.717, 1.165) is 23.5 Å². The molecule has 0 amide bonds. The van der Waals surface area contributed by atoms with Gasteiger partial charge in [-0.25, -0.2) is 4.98 Å². The van der Waals surface area contributed by atoms with Gasteiger partial charge in [-0.15, -0.1) is 0 Å². The van der Waals surface area contributed by atoms with Crippen LogP contribution < -0.4 is 15.8 Å². The first kappa shape index (κ1) is 18.7. The second kappa shape index (κ2) is 7.28. The molecule has 27 heavy (non-hydrogen) atoms. The number of anilines is 3. The van der Waals surface area contributed by atoms with E-state index in [-0.39, 0.29) is 27.3 Å². The molecule has 0 aliphatic heterocycles. The van der Waals surface area contributed by atoms with Gasteiger partial charge in [0, 0.05) is 11.3 Å². The van der Waals surface area contributed by atoms with E-state index in [2.05, 4.69) is 10.3 Å². The third-order valence-electron chi connectivity index (χ3n) is 3.63. The van der Waals surface area contributed by atoms with Crippen molar-refractivity contribution in [1.82, 2.24) is 4.98 Å². The Hall–Kier alpha value is -3.07. The molecule has 1 heterocycles. The number of nitrogens with zero attached hydrogens (tertiary/aromatic N) is 1. The molecule has 0 aliphatic carbocycles. The average Bonchev–Trinajstić information content (AvgIpc) is 3.00. The zero-order chi connectivity index (χ0) is 19.6. The van der Waals surface area contributed by atoms with Crippen molar-refractivity contribution in [3.05, 3.63) is 64.5 Å². The molecule has 140 valence electrons. The normalized spacial score (nSPS) is 11.3. The summed E-state index contributed by atoms with van der Waals surface area (Å²) in [7, 11) is 1.49. The number of carbonyl (C=O) groups excluding carboxylic acids is 1. The minimum atomic E-state index is -4.45. The maximum absolute atomic E-state index is 12.8. The number of carbonyl (C=O) groups is 1. The molecule has 0 radical (unpaired) electrons. The predicted octanol–water partition coefficient (Wildman–Crippen LogP) is 4.73. The van der Waals surface area contributed by atoms with E-state index in [1.165, 1.54) is 19.2 Å². The highest BCUT2D eigenvalue weighted by Gasteiger charge is 2.30. The van der Waals surface area contributed by atoms with Crippen molar-refractivity contribution in [3.8, 4) is 5.75 Å². The van der Waals surface area contributed by atoms with Crippen molar-refractivity contribution < 1.29 is 22.7 Å². The number of methoxy groups -OCH3 is 1. The number of hydrogen-bond donors (Lipinski definition) is 2. The molecule has 9 heteroatoms. The smallest absolute Gasteiger partial charge is 0.416 e. The van der Waals surface area contributed by atoms with Crippen LogP contribution in [0.15, 0.2) is 48.5 Å². The van der Waals surface area contributed by atoms with Gasteiger partial charge in [0.05, 0.1) is 12.7 Å². The van der Waals surface area contributed by atoms with Crippen molar-refractivity contribution in [1.29, 1.82) is 0 Å². The molecule has 1 aromatic heterocycles. The Morgan fingerprint density at radius 3 is 2.63 bits per heavy atom. The minimum absolute atomic E-state index is 0.00213. The maximum atomic E-state index is 12.8. The lowest BCUT2D eigenvalue weighted by atomic mass is 10.1. The number of nitrogen functional groups attached to an aromatic ring is 1. The standard InChI is InChI=1S/C18H14F3N3O2S/c1-26-13-7-2-4-10(8-13)14(25)15-16(22)24-17(27-15)23-12-6-3-5-11(9-12)18(19,20)21/h2-9H,22H2,1H3,(H,23,24). The molecule has 3 N–H and O–H groups in total. The van der Waals surface area contributed by atoms with Crippen molar-refractivity contribution >= 4 is 33.8 Å². The monoisotopic (exact) mass is 393 g/mol. The summed E-state index contributed by atoms with van der Waals surface area (Å²) in [4.78, 5) is 16.9. The number of ketones is 1. The van der Waals surface area contributed by atoms with Crippen molar-refractivity contribution in [2.45, 2.75) is 6.18 Å². The molecule has 3 aromatic rings. The van der Waals surface area contributed by atoms with Crippen molar-refractivity contribution in [2.75, 3.05) is 18.2 Å². The average molecular weight is 393 g/mol. The molecular formula is C18H14F3N3O2S. The highest BCUT2D eigenvalue weighted by atomic mass is 32.1. The second-order valence-electron chi connectivity index (χ2n) is 5.50. The summed E-state index contributed by atoms with van der Waals surface area (Å²) >= 11 is 0.965. The number of aromatic nitrogens is 1. The topological polar surface area (TPSA) is 77.2 Å². The summed E-state index contributed by atoms with van der Waals surface area (Å²) in [6.45, 7) is 0. The molecule has 5 nitrogen and oxygen atoms in total. The van der Waals surface area contributed by atoms with Gasteiger partial charge in [-0.1, -0.05) is 29.5 Å². The largest absolute Gasteiger partial charge is 0.497 e. The second-order valence-corrected chi connectivity index (χ2v) is 6.50. The van der Waals surface area contributed by atoms with Gasteiger partial charge in [-0.3, -0.25) is 4.79 Å². The molecule has 2 aromatic carbocycles. The quantitative estimate of drug-likeness (QED) is 0.613. The summed E-state index contributed by atoms with van der Waals surface area (Å²) in [5, 5.41) is 2.98. The number of nitrogens with one attached hydrogen (secondary N) is 1. The molecule has 0 saturated heterocycles. The van der Waals surface area contributed by atoms with Crippen LogP contribution in [0.2, 0.25) is 0 Å². The van der Waals surface area contributed by atoms with Gasteiger partial charge in [0.25, 0.3) is 0 Å². The molecule has 0 unspecified atom stereocenters. The first-order valence-electron chi connectivity index (χ1n) is 7.67. The Balaban J connectivity index is 1.85. The number of alkyl halides is 3. The number of ether oxygens (including phenoxy) is 1. The van der Waals surface area contributed by atoms with E-state index in [1.54, 1.807) is 24.3 Å². The number of thiazole rings is 1. The Kier molecular flexibility index (Phi) is 5.04. The third kappa shape index (κ3) is 4.20. The summed E-state index contributed by atoms with van der Waals surface area (Å²) in [5.74, 6) is 0.175. The van der Waals surface area contributed by atoms with Gasteiger partial charge in [0.2, 0.25) is 5.78 Å². The molecular weight excluding hydrogens is 379 g/mol. The summed E-state index contributed by atoms with van der Waals surface area (Å²) < 4.78 is 43.5. The van der Waals surface area contributed by atoms with E-state index in [9.17, 15) is 18.0 Å². The van der Waals surface area contributed by atoms with Gasteiger partial charge in [0.1, 0.15) is 16.4 Å². The molecule has 0 atom stereocenters. The molecule has 0 spiro atoms. The summed E-state index contributed by atoms with van der Waals surface area (Å²) in [5.41, 5.74) is 5.61. The van der Waals surface area contributed by atoms with Crippen LogP contribution in [0.1, 0.15) is 20.8 Å². The highest BCUT2D eigenvalue weighted by Crippen LogP contribution is 2.33. The van der Waals surface area contributed by atoms with Crippen LogP contribution >= 0.6 is 11.3 Å². The van der Waals surface area contributed by atoms with Crippen LogP contribution in [0.3, 0.4) is 0 Å². The van der Waals surface area contributed by atoms with Crippen LogP contribution in [-0.2, 0) is 6.18 Å². The number of halogens is 3. The Morgan fingerprint density at radius 1 is 1.19 bits per heavy atom. The van der Waals surface area contributed by atoms with Gasteiger partial charge in [-0.05, 0) is 30.3 Å². The molecule has 0 fully saturated rings. The summed E-state index contributed by atoms with van der Waals surface area (Å²) in [6.07, 6.45) is -4.45. The van der Waals surface area contributed by atoms with Crippen LogP contribution in [0, 0.1) is 0 Å². The first-order valence-corrected chi connectivity index (χ1v) is 8.49. The number of hydrogen-bond acceptors (Lipinski definition) is 6. The fourth-order valence-corrected chi connectivity index (χ4v) is 3.21. The van der Waals surface area contributed by atoms with Crippen LogP contribution in [0.5, 0.6) is 5.75 Å². The molecule has 3 rings (SSSR count). The fraction of sp³-hybridized carbons (Fsp3) is 0.111. The molecule has 0 aliphatic rings. The van der Waals surface area contributed by atoms with E-state index >= 15 is 0 Å². The maximum Gasteiger partial charge on any atom is 0.416 e. The SMILES string of the molecule is COc1cccc(C(=O)c2sc(Nc3cccc(C(F)(F)F)c3)nc2N)c1. The van der Waals surface area contributed by atoms with E-state index in [1.807, 2.05) is 0 Å². The lowest BCUT2D eigenvalue weighted by molar-refractivity contribution is -0.137. The zero-order valence-corrected chi connectivity index (χ0v) is 14.8. The van der Waals surface area contributed by atoms with E-state index in [0.29, 0.717) is 11.3 Å². The van der Waals surface area contributed by atoms with Crippen molar-refractivity contribution in [3.63, 3.8) is 0 Å². The lowest BCUT2D eigenvalue weighted by Gasteiger charge is -2.08. The van der Waals surface area contributed by atoms with Gasteiger partial charge in [-0.2, -0.15) is 13.2 Å². The number of nitrogens with two attached hydrogens (primary N) is 1. The molecule has 0 saturated carbocycles. The Morgan fingerprint density at radius 2 is 1.93 bits per heavy atom.